The maximum Gasteiger partial charge on any atom is 0.120 e. The summed E-state index contributed by atoms with van der Waals surface area (Å²) >= 11 is 0. The number of anilines is 1. The molecule has 0 radical (unpaired) electrons. The smallest absolute Gasteiger partial charge is 0.120 e. The van der Waals surface area contributed by atoms with Crippen LogP contribution in [0.3, 0.4) is 0 Å². The minimum absolute atomic E-state index is 0.146. The maximum atomic E-state index is 6.26. The van der Waals surface area contributed by atoms with E-state index in [0.717, 1.165) is 30.8 Å². The molecule has 0 aliphatic rings. The number of benzene rings is 1. The highest BCUT2D eigenvalue weighted by Crippen LogP contribution is 2.21. The van der Waals surface area contributed by atoms with Crippen LogP contribution in [-0.2, 0) is 0 Å². The monoisotopic (exact) mass is 236 g/mol. The third-order valence-corrected chi connectivity index (χ3v) is 2.91. The number of methoxy groups -OCH3 is 1. The molecule has 0 aromatic heterocycles. The van der Waals surface area contributed by atoms with Crippen LogP contribution in [0.5, 0.6) is 5.75 Å². The molecule has 0 heterocycles. The van der Waals surface area contributed by atoms with Gasteiger partial charge in [-0.25, -0.2) is 0 Å². The molecule has 1 rings (SSSR count). The van der Waals surface area contributed by atoms with Crippen LogP contribution in [0.25, 0.3) is 0 Å². The highest BCUT2D eigenvalue weighted by Gasteiger charge is 2.19. The van der Waals surface area contributed by atoms with E-state index in [1.54, 1.807) is 7.11 Å². The Labute approximate surface area is 105 Å². The normalized spacial score (nSPS) is 14.2. The second-order valence-corrected chi connectivity index (χ2v) is 4.96. The first kappa shape index (κ1) is 13.8. The predicted octanol–water partition coefficient (Wildman–Crippen LogP) is 2.65. The average Bonchev–Trinajstić information content (AvgIpc) is 2.28. The van der Waals surface area contributed by atoms with Gasteiger partial charge in [0.2, 0.25) is 0 Å². The van der Waals surface area contributed by atoms with Crippen molar-refractivity contribution in [3.8, 4) is 5.75 Å². The molecule has 0 aliphatic heterocycles. The topological polar surface area (TPSA) is 38.5 Å². The predicted molar refractivity (Wildman–Crippen MR) is 73.8 cm³/mol. The van der Waals surface area contributed by atoms with Gasteiger partial charge in [0.1, 0.15) is 5.75 Å². The van der Waals surface area contributed by atoms with Crippen molar-refractivity contribution >= 4 is 5.69 Å². The second-order valence-electron chi connectivity index (χ2n) is 4.96. The number of nitrogens with two attached hydrogens (primary N) is 1. The molecule has 0 saturated carbocycles. The van der Waals surface area contributed by atoms with Crippen LogP contribution in [-0.4, -0.2) is 26.2 Å². The van der Waals surface area contributed by atoms with Crippen molar-refractivity contribution in [2.24, 2.45) is 5.73 Å². The molecule has 0 saturated heterocycles. The minimum Gasteiger partial charge on any atom is -0.497 e. The summed E-state index contributed by atoms with van der Waals surface area (Å²) in [6.45, 7) is 5.11. The Morgan fingerprint density at radius 3 is 2.71 bits per heavy atom. The van der Waals surface area contributed by atoms with E-state index in [0.29, 0.717) is 0 Å². The number of hydrogen-bond acceptors (Lipinski definition) is 3. The first-order valence-corrected chi connectivity index (χ1v) is 6.12. The molecule has 0 bridgehead atoms. The van der Waals surface area contributed by atoms with Crippen LogP contribution in [0.15, 0.2) is 24.3 Å². The molecular formula is C14H24N2O. The third kappa shape index (κ3) is 4.27. The molecule has 1 atom stereocenters. The molecule has 0 spiro atoms. The van der Waals surface area contributed by atoms with Gasteiger partial charge in [-0.2, -0.15) is 0 Å². The molecule has 1 aromatic rings. The summed E-state index contributed by atoms with van der Waals surface area (Å²) < 4.78 is 5.22. The molecule has 0 fully saturated rings. The molecule has 17 heavy (non-hydrogen) atoms. The summed E-state index contributed by atoms with van der Waals surface area (Å²) in [6.07, 6.45) is 2.14. The van der Waals surface area contributed by atoms with E-state index in [2.05, 4.69) is 31.9 Å². The number of rotatable bonds is 6. The summed E-state index contributed by atoms with van der Waals surface area (Å²) in [5, 5.41) is 0. The highest BCUT2D eigenvalue weighted by atomic mass is 16.5. The fourth-order valence-corrected chi connectivity index (χ4v) is 2.13. The Morgan fingerprint density at radius 1 is 1.41 bits per heavy atom. The van der Waals surface area contributed by atoms with E-state index >= 15 is 0 Å². The lowest BCUT2D eigenvalue weighted by atomic mass is 9.97. The summed E-state index contributed by atoms with van der Waals surface area (Å²) in [5.74, 6) is 0.878. The standard InChI is InChI=1S/C14H24N2O/c1-5-9-14(2,15)11-16(3)12-7-6-8-13(10-12)17-4/h6-8,10H,5,9,11,15H2,1-4H3. The maximum absolute atomic E-state index is 6.26. The lowest BCUT2D eigenvalue weighted by Gasteiger charge is -2.31. The van der Waals surface area contributed by atoms with Crippen molar-refractivity contribution in [2.75, 3.05) is 25.6 Å². The SMILES string of the molecule is CCCC(C)(N)CN(C)c1cccc(OC)c1. The Balaban J connectivity index is 2.71. The van der Waals surface area contributed by atoms with E-state index in [4.69, 9.17) is 10.5 Å². The number of hydrogen-bond donors (Lipinski definition) is 1. The molecule has 3 nitrogen and oxygen atoms in total. The van der Waals surface area contributed by atoms with Crippen molar-refractivity contribution in [3.63, 3.8) is 0 Å². The fraction of sp³-hybridized carbons (Fsp3) is 0.571. The Hall–Kier alpha value is -1.22. The van der Waals surface area contributed by atoms with Crippen molar-refractivity contribution < 1.29 is 4.74 Å². The van der Waals surface area contributed by atoms with E-state index in [1.807, 2.05) is 18.2 Å². The Morgan fingerprint density at radius 2 is 2.12 bits per heavy atom. The van der Waals surface area contributed by atoms with E-state index in [1.165, 1.54) is 0 Å². The zero-order valence-corrected chi connectivity index (χ0v) is 11.4. The van der Waals surface area contributed by atoms with E-state index < -0.39 is 0 Å². The third-order valence-electron chi connectivity index (χ3n) is 2.91. The molecule has 3 heteroatoms. The average molecular weight is 236 g/mol. The number of likely N-dealkylation sites (N-methyl/N-ethyl adjacent to an activating group) is 1. The van der Waals surface area contributed by atoms with Crippen LogP contribution in [0.2, 0.25) is 0 Å². The lowest BCUT2D eigenvalue weighted by molar-refractivity contribution is 0.413. The van der Waals surface area contributed by atoms with Gasteiger partial charge in [-0.3, -0.25) is 0 Å². The van der Waals surface area contributed by atoms with E-state index in [-0.39, 0.29) is 5.54 Å². The summed E-state index contributed by atoms with van der Waals surface area (Å²) in [5.41, 5.74) is 7.25. The Kier molecular flexibility index (Phi) is 4.82. The molecule has 2 N–H and O–H groups in total. The highest BCUT2D eigenvalue weighted by molar-refractivity contribution is 5.50. The number of ether oxygens (including phenoxy) is 1. The number of nitrogens with zero attached hydrogens (tertiary/aromatic N) is 1. The van der Waals surface area contributed by atoms with Gasteiger partial charge < -0.3 is 15.4 Å². The first-order valence-electron chi connectivity index (χ1n) is 6.12. The quantitative estimate of drug-likeness (QED) is 0.825. The van der Waals surface area contributed by atoms with Gasteiger partial charge in [0, 0.05) is 30.9 Å². The van der Waals surface area contributed by atoms with Gasteiger partial charge in [-0.1, -0.05) is 19.4 Å². The first-order chi connectivity index (χ1) is 7.98. The van der Waals surface area contributed by atoms with Gasteiger partial charge >= 0.3 is 0 Å². The van der Waals surface area contributed by atoms with Crippen molar-refractivity contribution in [1.29, 1.82) is 0 Å². The van der Waals surface area contributed by atoms with Crippen molar-refractivity contribution in [2.45, 2.75) is 32.2 Å². The molecule has 0 aliphatic carbocycles. The zero-order valence-electron chi connectivity index (χ0n) is 11.4. The van der Waals surface area contributed by atoms with Crippen LogP contribution < -0.4 is 15.4 Å². The molecule has 1 aromatic carbocycles. The van der Waals surface area contributed by atoms with Crippen LogP contribution in [0.1, 0.15) is 26.7 Å². The summed E-state index contributed by atoms with van der Waals surface area (Å²) in [7, 11) is 3.75. The minimum atomic E-state index is -0.146. The zero-order chi connectivity index (χ0) is 12.9. The fourth-order valence-electron chi connectivity index (χ4n) is 2.13. The molecule has 1 unspecified atom stereocenters. The lowest BCUT2D eigenvalue weighted by Crippen LogP contribution is -2.46. The molecular weight excluding hydrogens is 212 g/mol. The van der Waals surface area contributed by atoms with Gasteiger partial charge in [-0.05, 0) is 25.5 Å². The second kappa shape index (κ2) is 5.92. The summed E-state index contributed by atoms with van der Waals surface area (Å²) in [6, 6.07) is 8.05. The molecule has 0 amide bonds. The van der Waals surface area contributed by atoms with Crippen LogP contribution in [0.4, 0.5) is 5.69 Å². The Bertz CT molecular complexity index is 350. The van der Waals surface area contributed by atoms with Crippen molar-refractivity contribution in [1.82, 2.24) is 0 Å². The molecule has 96 valence electrons. The largest absolute Gasteiger partial charge is 0.497 e. The van der Waals surface area contributed by atoms with Crippen LogP contribution >= 0.6 is 0 Å². The van der Waals surface area contributed by atoms with E-state index in [9.17, 15) is 0 Å². The van der Waals surface area contributed by atoms with Gasteiger partial charge in [0.15, 0.2) is 0 Å². The van der Waals surface area contributed by atoms with Crippen LogP contribution in [0, 0.1) is 0 Å². The van der Waals surface area contributed by atoms with Crippen molar-refractivity contribution in [3.05, 3.63) is 24.3 Å². The van der Waals surface area contributed by atoms with Gasteiger partial charge in [-0.15, -0.1) is 0 Å². The van der Waals surface area contributed by atoms with Gasteiger partial charge in [0.05, 0.1) is 7.11 Å². The van der Waals surface area contributed by atoms with Gasteiger partial charge in [0.25, 0.3) is 0 Å². The summed E-state index contributed by atoms with van der Waals surface area (Å²) in [4.78, 5) is 2.18.